The van der Waals surface area contributed by atoms with Crippen LogP contribution in [0.3, 0.4) is 0 Å². The number of aliphatic hydroxyl groups is 2. The van der Waals surface area contributed by atoms with Crippen LogP contribution >= 0.6 is 0 Å². The van der Waals surface area contributed by atoms with Gasteiger partial charge in [0.25, 0.3) is 0 Å². The number of hydrogen-bond acceptors (Lipinski definition) is 4. The minimum atomic E-state index is -4.33. The molecule has 0 amide bonds. The van der Waals surface area contributed by atoms with Crippen molar-refractivity contribution in [2.24, 2.45) is 0 Å². The molecule has 0 aliphatic carbocycles. The Morgan fingerprint density at radius 3 is 2.40 bits per heavy atom. The predicted octanol–water partition coefficient (Wildman–Crippen LogP) is 2.10. The van der Waals surface area contributed by atoms with Crippen LogP contribution in [0.4, 0.5) is 13.2 Å². The van der Waals surface area contributed by atoms with Crippen LogP contribution in [-0.4, -0.2) is 64.4 Å². The summed E-state index contributed by atoms with van der Waals surface area (Å²) in [4.78, 5) is 4.24. The molecule has 2 atom stereocenters. The van der Waals surface area contributed by atoms with Gasteiger partial charge in [-0.15, -0.1) is 0 Å². The Labute approximate surface area is 145 Å². The van der Waals surface area contributed by atoms with Gasteiger partial charge in [0, 0.05) is 38.8 Å². The first-order valence-electron chi connectivity index (χ1n) is 8.81. The molecule has 0 unspecified atom stereocenters. The summed E-state index contributed by atoms with van der Waals surface area (Å²) in [5, 5.41) is 20.1. The molecule has 0 aromatic heterocycles. The van der Waals surface area contributed by atoms with Crippen molar-refractivity contribution >= 4 is 0 Å². The van der Waals surface area contributed by atoms with Crippen molar-refractivity contribution in [3.05, 3.63) is 35.4 Å². The SMILES string of the molecule is OC1CCN([C@H]2CCN(Cc3cccc(C(F)(F)F)c3)C[C@@H]2O)CC1. The molecule has 2 heterocycles. The topological polar surface area (TPSA) is 46.9 Å². The highest BCUT2D eigenvalue weighted by atomic mass is 19.4. The summed E-state index contributed by atoms with van der Waals surface area (Å²) in [5.74, 6) is 0. The molecule has 2 N–H and O–H groups in total. The maximum Gasteiger partial charge on any atom is 0.416 e. The van der Waals surface area contributed by atoms with Gasteiger partial charge in [0.15, 0.2) is 0 Å². The van der Waals surface area contributed by atoms with E-state index >= 15 is 0 Å². The Kier molecular flexibility index (Phi) is 5.68. The van der Waals surface area contributed by atoms with Crippen LogP contribution in [0.1, 0.15) is 30.4 Å². The molecule has 0 radical (unpaired) electrons. The highest BCUT2D eigenvalue weighted by Crippen LogP contribution is 2.30. The summed E-state index contributed by atoms with van der Waals surface area (Å²) in [6.07, 6.45) is -2.84. The van der Waals surface area contributed by atoms with Crippen LogP contribution in [-0.2, 0) is 12.7 Å². The number of rotatable bonds is 3. The number of nitrogens with zero attached hydrogens (tertiary/aromatic N) is 2. The normalized spacial score (nSPS) is 27.6. The maximum absolute atomic E-state index is 12.8. The van der Waals surface area contributed by atoms with Crippen molar-refractivity contribution in [1.82, 2.24) is 9.80 Å². The van der Waals surface area contributed by atoms with E-state index in [0.717, 1.165) is 45.0 Å². The average molecular weight is 358 g/mol. The highest BCUT2D eigenvalue weighted by molar-refractivity contribution is 5.25. The largest absolute Gasteiger partial charge is 0.416 e. The van der Waals surface area contributed by atoms with E-state index in [9.17, 15) is 23.4 Å². The van der Waals surface area contributed by atoms with Gasteiger partial charge in [0.2, 0.25) is 0 Å². The van der Waals surface area contributed by atoms with Gasteiger partial charge in [-0.05, 0) is 30.9 Å². The molecule has 0 spiro atoms. The van der Waals surface area contributed by atoms with E-state index in [1.165, 1.54) is 12.1 Å². The number of likely N-dealkylation sites (tertiary alicyclic amines) is 2. The lowest BCUT2D eigenvalue weighted by Crippen LogP contribution is -2.55. The van der Waals surface area contributed by atoms with Crippen molar-refractivity contribution < 1.29 is 23.4 Å². The zero-order valence-corrected chi connectivity index (χ0v) is 14.1. The van der Waals surface area contributed by atoms with Crippen LogP contribution in [0.5, 0.6) is 0 Å². The zero-order chi connectivity index (χ0) is 18.0. The van der Waals surface area contributed by atoms with Gasteiger partial charge in [0.05, 0.1) is 17.8 Å². The van der Waals surface area contributed by atoms with Crippen LogP contribution in [0.2, 0.25) is 0 Å². The number of piperidine rings is 2. The Hall–Kier alpha value is -1.15. The summed E-state index contributed by atoms with van der Waals surface area (Å²) in [5.41, 5.74) is -0.0196. The molecule has 7 heteroatoms. The first-order chi connectivity index (χ1) is 11.8. The number of halogens is 3. The molecule has 4 nitrogen and oxygen atoms in total. The van der Waals surface area contributed by atoms with E-state index in [0.29, 0.717) is 18.7 Å². The van der Waals surface area contributed by atoms with Gasteiger partial charge in [-0.2, -0.15) is 13.2 Å². The summed E-state index contributed by atoms with van der Waals surface area (Å²) >= 11 is 0. The fraction of sp³-hybridized carbons (Fsp3) is 0.667. The molecule has 2 saturated heterocycles. The van der Waals surface area contributed by atoms with Gasteiger partial charge in [-0.1, -0.05) is 18.2 Å². The second-order valence-corrected chi connectivity index (χ2v) is 7.12. The van der Waals surface area contributed by atoms with Gasteiger partial charge >= 0.3 is 6.18 Å². The van der Waals surface area contributed by atoms with Crippen molar-refractivity contribution in [3.8, 4) is 0 Å². The molecule has 1 aromatic rings. The molecule has 2 aliphatic rings. The lowest BCUT2D eigenvalue weighted by Gasteiger charge is -2.43. The van der Waals surface area contributed by atoms with Gasteiger partial charge < -0.3 is 10.2 Å². The smallest absolute Gasteiger partial charge is 0.393 e. The first kappa shape index (κ1) is 18.6. The van der Waals surface area contributed by atoms with Gasteiger partial charge in [-0.25, -0.2) is 0 Å². The van der Waals surface area contributed by atoms with Gasteiger partial charge in [-0.3, -0.25) is 9.80 Å². The third-order valence-corrected chi connectivity index (χ3v) is 5.26. The van der Waals surface area contributed by atoms with Crippen LogP contribution in [0.25, 0.3) is 0 Å². The molecule has 140 valence electrons. The third-order valence-electron chi connectivity index (χ3n) is 5.26. The monoisotopic (exact) mass is 358 g/mol. The fourth-order valence-electron chi connectivity index (χ4n) is 3.88. The maximum atomic E-state index is 12.8. The standard InChI is InChI=1S/C18H25F3N2O2/c19-18(20,21)14-3-1-2-13(10-14)11-22-7-6-16(17(25)12-22)23-8-4-15(24)5-9-23/h1-3,10,15-17,24-25H,4-9,11-12H2/t16-,17-/m0/s1. The Balaban J connectivity index is 1.56. The number of β-amino-alcohol motifs (C(OH)–C–C–N with tert-alkyl or cyclic N) is 1. The number of aliphatic hydroxyl groups excluding tert-OH is 2. The Bertz CT molecular complexity index is 574. The van der Waals surface area contributed by atoms with Crippen LogP contribution < -0.4 is 0 Å². The Morgan fingerprint density at radius 2 is 1.76 bits per heavy atom. The van der Waals surface area contributed by atoms with Crippen molar-refractivity contribution in [2.75, 3.05) is 26.2 Å². The van der Waals surface area contributed by atoms with E-state index in [1.54, 1.807) is 6.07 Å². The molecular formula is C18H25F3N2O2. The summed E-state index contributed by atoms with van der Waals surface area (Å²) in [6, 6.07) is 5.46. The average Bonchev–Trinajstić information content (AvgIpc) is 2.56. The van der Waals surface area contributed by atoms with E-state index < -0.39 is 17.8 Å². The minimum Gasteiger partial charge on any atom is -0.393 e. The molecule has 2 fully saturated rings. The molecule has 0 bridgehead atoms. The predicted molar refractivity (Wildman–Crippen MR) is 87.9 cm³/mol. The second-order valence-electron chi connectivity index (χ2n) is 7.12. The molecule has 3 rings (SSSR count). The van der Waals surface area contributed by atoms with Crippen LogP contribution in [0.15, 0.2) is 24.3 Å². The van der Waals surface area contributed by atoms with E-state index in [4.69, 9.17) is 0 Å². The van der Waals surface area contributed by atoms with Crippen molar-refractivity contribution in [2.45, 2.75) is 50.2 Å². The number of benzene rings is 1. The highest BCUT2D eigenvalue weighted by Gasteiger charge is 2.34. The number of hydrogen-bond donors (Lipinski definition) is 2. The summed E-state index contributed by atoms with van der Waals surface area (Å²) in [7, 11) is 0. The third kappa shape index (κ3) is 4.73. The van der Waals surface area contributed by atoms with Crippen molar-refractivity contribution in [1.29, 1.82) is 0 Å². The zero-order valence-electron chi connectivity index (χ0n) is 14.1. The molecule has 1 aromatic carbocycles. The lowest BCUT2D eigenvalue weighted by molar-refractivity contribution is -0.137. The van der Waals surface area contributed by atoms with E-state index in [-0.39, 0.29) is 12.1 Å². The van der Waals surface area contributed by atoms with E-state index in [1.807, 2.05) is 4.90 Å². The molecule has 25 heavy (non-hydrogen) atoms. The molecule has 2 aliphatic heterocycles. The summed E-state index contributed by atoms with van der Waals surface area (Å²) < 4.78 is 38.4. The first-order valence-corrected chi connectivity index (χ1v) is 8.81. The van der Waals surface area contributed by atoms with E-state index in [2.05, 4.69) is 4.90 Å². The summed E-state index contributed by atoms with van der Waals surface area (Å²) in [6.45, 7) is 3.19. The second kappa shape index (κ2) is 7.61. The fourth-order valence-corrected chi connectivity index (χ4v) is 3.88. The minimum absolute atomic E-state index is 0.0743. The lowest BCUT2D eigenvalue weighted by atomic mass is 9.96. The molecular weight excluding hydrogens is 333 g/mol. The van der Waals surface area contributed by atoms with Crippen LogP contribution in [0, 0.1) is 0 Å². The molecule has 0 saturated carbocycles. The Morgan fingerprint density at radius 1 is 1.04 bits per heavy atom. The quantitative estimate of drug-likeness (QED) is 0.869. The van der Waals surface area contributed by atoms with Crippen molar-refractivity contribution in [3.63, 3.8) is 0 Å². The number of alkyl halides is 3. The van der Waals surface area contributed by atoms with Gasteiger partial charge in [0.1, 0.15) is 0 Å².